The van der Waals surface area contributed by atoms with Crippen LogP contribution in [0.15, 0.2) is 57.7 Å². The molecule has 140 valence electrons. The van der Waals surface area contributed by atoms with E-state index in [1.54, 1.807) is 6.07 Å². The molecule has 2 aromatic carbocycles. The van der Waals surface area contributed by atoms with Crippen molar-refractivity contribution in [3.05, 3.63) is 64.5 Å². The van der Waals surface area contributed by atoms with Crippen LogP contribution < -0.4 is 10.9 Å². The molecule has 0 aliphatic rings. The zero-order chi connectivity index (χ0) is 19.4. The van der Waals surface area contributed by atoms with Gasteiger partial charge in [-0.25, -0.2) is 4.79 Å². The number of rotatable bonds is 7. The molecule has 0 spiro atoms. The maximum absolute atomic E-state index is 12.1. The summed E-state index contributed by atoms with van der Waals surface area (Å²) < 4.78 is 5.39. The van der Waals surface area contributed by atoms with Crippen LogP contribution in [-0.2, 0) is 11.3 Å². The SMILES string of the molecule is CCC[C@H](NCc1c(O)ccc2c(-c3ccccc3)cc(=O)oc12)C(=O)O. The number of carbonyl (C=O) groups is 1. The van der Waals surface area contributed by atoms with Crippen molar-refractivity contribution in [2.75, 3.05) is 0 Å². The highest BCUT2D eigenvalue weighted by Gasteiger charge is 2.19. The number of nitrogens with one attached hydrogen (secondary N) is 1. The molecule has 0 fully saturated rings. The van der Waals surface area contributed by atoms with Gasteiger partial charge in [-0.05, 0) is 29.7 Å². The van der Waals surface area contributed by atoms with Crippen LogP contribution in [-0.4, -0.2) is 22.2 Å². The third-order valence-electron chi connectivity index (χ3n) is 4.48. The van der Waals surface area contributed by atoms with Crippen LogP contribution >= 0.6 is 0 Å². The molecule has 27 heavy (non-hydrogen) atoms. The summed E-state index contributed by atoms with van der Waals surface area (Å²) in [6.07, 6.45) is 1.17. The first-order chi connectivity index (χ1) is 13.0. The Labute approximate surface area is 156 Å². The lowest BCUT2D eigenvalue weighted by atomic mass is 9.99. The molecule has 0 saturated carbocycles. The van der Waals surface area contributed by atoms with Gasteiger partial charge in [0.1, 0.15) is 17.4 Å². The van der Waals surface area contributed by atoms with Gasteiger partial charge in [0.05, 0.1) is 5.56 Å². The molecule has 0 amide bonds. The Kier molecular flexibility index (Phi) is 5.57. The molecular formula is C21H21NO5. The highest BCUT2D eigenvalue weighted by Crippen LogP contribution is 2.33. The predicted molar refractivity (Wildman–Crippen MR) is 103 cm³/mol. The van der Waals surface area contributed by atoms with E-state index < -0.39 is 17.6 Å². The van der Waals surface area contributed by atoms with Crippen LogP contribution in [0, 0.1) is 0 Å². The molecule has 0 saturated heterocycles. The number of aromatic hydroxyl groups is 1. The van der Waals surface area contributed by atoms with Gasteiger partial charge in [-0.2, -0.15) is 0 Å². The molecule has 6 heteroatoms. The highest BCUT2D eigenvalue weighted by atomic mass is 16.4. The average Bonchev–Trinajstić information content (AvgIpc) is 2.66. The molecule has 3 aromatic rings. The number of carboxylic acids is 1. The molecule has 1 atom stereocenters. The summed E-state index contributed by atoms with van der Waals surface area (Å²) in [7, 11) is 0. The Balaban J connectivity index is 2.08. The number of phenols is 1. The van der Waals surface area contributed by atoms with E-state index in [-0.39, 0.29) is 17.9 Å². The normalized spacial score (nSPS) is 12.2. The van der Waals surface area contributed by atoms with Crippen LogP contribution in [0.3, 0.4) is 0 Å². The molecule has 0 radical (unpaired) electrons. The molecule has 1 aromatic heterocycles. The van der Waals surface area contributed by atoms with Crippen molar-refractivity contribution in [2.45, 2.75) is 32.4 Å². The van der Waals surface area contributed by atoms with Crippen LogP contribution in [0.1, 0.15) is 25.3 Å². The van der Waals surface area contributed by atoms with Crippen molar-refractivity contribution < 1.29 is 19.4 Å². The van der Waals surface area contributed by atoms with Gasteiger partial charge in [0.15, 0.2) is 0 Å². The van der Waals surface area contributed by atoms with E-state index in [1.807, 2.05) is 37.3 Å². The van der Waals surface area contributed by atoms with Crippen molar-refractivity contribution >= 4 is 16.9 Å². The highest BCUT2D eigenvalue weighted by molar-refractivity contribution is 5.95. The summed E-state index contributed by atoms with van der Waals surface area (Å²) >= 11 is 0. The van der Waals surface area contributed by atoms with E-state index in [0.29, 0.717) is 29.4 Å². The Morgan fingerprint density at radius 1 is 1.19 bits per heavy atom. The van der Waals surface area contributed by atoms with Crippen LogP contribution in [0.4, 0.5) is 0 Å². The van der Waals surface area contributed by atoms with Crippen LogP contribution in [0.5, 0.6) is 5.75 Å². The Morgan fingerprint density at radius 2 is 1.93 bits per heavy atom. The number of carboxylic acid groups (broad SMARTS) is 1. The van der Waals surface area contributed by atoms with Gasteiger partial charge in [-0.1, -0.05) is 43.7 Å². The second-order valence-electron chi connectivity index (χ2n) is 6.35. The summed E-state index contributed by atoms with van der Waals surface area (Å²) in [6, 6.07) is 13.3. The molecule has 0 unspecified atom stereocenters. The van der Waals surface area contributed by atoms with Gasteiger partial charge in [0.2, 0.25) is 0 Å². The largest absolute Gasteiger partial charge is 0.507 e. The average molecular weight is 367 g/mol. The third kappa shape index (κ3) is 4.01. The molecule has 3 rings (SSSR count). The molecule has 3 N–H and O–H groups in total. The minimum absolute atomic E-state index is 0.0519. The molecule has 0 aliphatic heterocycles. The Morgan fingerprint density at radius 3 is 2.59 bits per heavy atom. The molecule has 1 heterocycles. The van der Waals surface area contributed by atoms with Gasteiger partial charge in [-0.3, -0.25) is 4.79 Å². The number of hydrogen-bond acceptors (Lipinski definition) is 5. The number of benzene rings is 2. The van der Waals surface area contributed by atoms with Gasteiger partial charge >= 0.3 is 11.6 Å². The number of fused-ring (bicyclic) bond motifs is 1. The second-order valence-corrected chi connectivity index (χ2v) is 6.35. The smallest absolute Gasteiger partial charge is 0.336 e. The van der Waals surface area contributed by atoms with E-state index in [9.17, 15) is 19.8 Å². The fourth-order valence-corrected chi connectivity index (χ4v) is 3.13. The zero-order valence-corrected chi connectivity index (χ0v) is 14.9. The number of phenolic OH excluding ortho intramolecular Hbond substituents is 1. The molecule has 0 bridgehead atoms. The van der Waals surface area contributed by atoms with Gasteiger partial charge in [-0.15, -0.1) is 0 Å². The minimum Gasteiger partial charge on any atom is -0.507 e. The molecular weight excluding hydrogens is 346 g/mol. The summed E-state index contributed by atoms with van der Waals surface area (Å²) in [5.74, 6) is -1.01. The lowest BCUT2D eigenvalue weighted by molar-refractivity contribution is -0.139. The predicted octanol–water partition coefficient (Wildman–Crippen LogP) is 3.51. The zero-order valence-electron chi connectivity index (χ0n) is 14.9. The number of aliphatic carboxylic acids is 1. The third-order valence-corrected chi connectivity index (χ3v) is 4.48. The van der Waals surface area contributed by atoms with E-state index in [2.05, 4.69) is 5.32 Å². The Hall–Kier alpha value is -3.12. The maximum Gasteiger partial charge on any atom is 0.336 e. The van der Waals surface area contributed by atoms with Crippen molar-refractivity contribution in [1.29, 1.82) is 0 Å². The summed E-state index contributed by atoms with van der Waals surface area (Å²) in [4.78, 5) is 23.5. The lowest BCUT2D eigenvalue weighted by Crippen LogP contribution is -2.36. The van der Waals surface area contributed by atoms with Crippen molar-refractivity contribution in [3.63, 3.8) is 0 Å². The van der Waals surface area contributed by atoms with Gasteiger partial charge in [0, 0.05) is 18.0 Å². The van der Waals surface area contributed by atoms with Gasteiger partial charge < -0.3 is 19.9 Å². The standard InChI is InChI=1S/C21H21NO5/c1-2-6-17(21(25)26)22-12-16-18(23)10-9-14-15(11-19(24)27-20(14)16)13-7-4-3-5-8-13/h3-5,7-11,17,22-23H,2,6,12H2,1H3,(H,25,26)/t17-/m0/s1. The second kappa shape index (κ2) is 8.05. The van der Waals surface area contributed by atoms with Crippen LogP contribution in [0.25, 0.3) is 22.1 Å². The first-order valence-corrected chi connectivity index (χ1v) is 8.81. The first-order valence-electron chi connectivity index (χ1n) is 8.81. The fourth-order valence-electron chi connectivity index (χ4n) is 3.13. The quantitative estimate of drug-likeness (QED) is 0.553. The maximum atomic E-state index is 12.1. The van der Waals surface area contributed by atoms with Gasteiger partial charge in [0.25, 0.3) is 0 Å². The number of hydrogen-bond donors (Lipinski definition) is 3. The monoisotopic (exact) mass is 367 g/mol. The molecule has 6 nitrogen and oxygen atoms in total. The topological polar surface area (TPSA) is 99.8 Å². The van der Waals surface area contributed by atoms with Crippen molar-refractivity contribution in [3.8, 4) is 16.9 Å². The van der Waals surface area contributed by atoms with Crippen molar-refractivity contribution in [1.82, 2.24) is 5.32 Å². The van der Waals surface area contributed by atoms with Crippen molar-refractivity contribution in [2.24, 2.45) is 0 Å². The minimum atomic E-state index is -0.956. The summed E-state index contributed by atoms with van der Waals surface area (Å²) in [5.41, 5.74) is 1.65. The first kappa shape index (κ1) is 18.7. The Bertz CT molecular complexity index is 1010. The van der Waals surface area contributed by atoms with E-state index in [1.165, 1.54) is 12.1 Å². The van der Waals surface area contributed by atoms with E-state index >= 15 is 0 Å². The summed E-state index contributed by atoms with van der Waals surface area (Å²) in [6.45, 7) is 1.97. The van der Waals surface area contributed by atoms with E-state index in [4.69, 9.17) is 4.42 Å². The molecule has 0 aliphatic carbocycles. The van der Waals surface area contributed by atoms with Crippen LogP contribution in [0.2, 0.25) is 0 Å². The fraction of sp³-hybridized carbons (Fsp3) is 0.238. The lowest BCUT2D eigenvalue weighted by Gasteiger charge is -2.15. The van der Waals surface area contributed by atoms with E-state index in [0.717, 1.165) is 5.56 Å². The summed E-state index contributed by atoms with van der Waals surface area (Å²) in [5, 5.41) is 23.2.